The number of ether oxygens (including phenoxy) is 1. The van der Waals surface area contributed by atoms with E-state index in [1.54, 1.807) is 11.0 Å². The van der Waals surface area contributed by atoms with E-state index in [2.05, 4.69) is 4.90 Å². The Morgan fingerprint density at radius 1 is 0.909 bits per heavy atom. The number of carbonyl (C=O) groups excluding carboxylic acids is 3. The Bertz CT molecular complexity index is 1370. The van der Waals surface area contributed by atoms with Crippen LogP contribution in [0.5, 0.6) is 0 Å². The average molecular weight is 601 g/mol. The van der Waals surface area contributed by atoms with Crippen LogP contribution in [0, 0.1) is 0 Å². The van der Waals surface area contributed by atoms with Gasteiger partial charge in [0, 0.05) is 32.2 Å². The van der Waals surface area contributed by atoms with Gasteiger partial charge in [0.05, 0.1) is 18.5 Å². The fourth-order valence-corrected chi connectivity index (χ4v) is 7.19. The molecule has 1 N–H and O–H groups in total. The number of cyclic esters (lactones) is 1. The van der Waals surface area contributed by atoms with Gasteiger partial charge in [-0.1, -0.05) is 92.1 Å². The predicted octanol–water partition coefficient (Wildman–Crippen LogP) is 3.79. The van der Waals surface area contributed by atoms with Gasteiger partial charge in [-0.2, -0.15) is 0 Å². The molecule has 1 saturated carbocycles. The Hall–Kier alpha value is -4.18. The van der Waals surface area contributed by atoms with Crippen molar-refractivity contribution in [2.75, 3.05) is 32.8 Å². The molecular weight excluding hydrogens is 560 g/mol. The topological polar surface area (TPSA) is 111 Å². The van der Waals surface area contributed by atoms with Crippen molar-refractivity contribution in [2.45, 2.75) is 68.7 Å². The Balaban J connectivity index is 1.21. The zero-order valence-corrected chi connectivity index (χ0v) is 24.9. The van der Waals surface area contributed by atoms with Crippen LogP contribution in [0.4, 0.5) is 4.79 Å². The summed E-state index contributed by atoms with van der Waals surface area (Å²) in [5.41, 5.74) is 1.70. The molecule has 2 aromatic carbocycles. The molecule has 10 heteroatoms. The van der Waals surface area contributed by atoms with Crippen LogP contribution in [0.15, 0.2) is 66.7 Å². The third kappa shape index (κ3) is 6.08. The van der Waals surface area contributed by atoms with Gasteiger partial charge in [-0.15, -0.1) is 0 Å². The summed E-state index contributed by atoms with van der Waals surface area (Å²) in [5, 5.41) is 10.3. The van der Waals surface area contributed by atoms with Crippen LogP contribution in [0.3, 0.4) is 0 Å². The molecule has 10 nitrogen and oxygen atoms in total. The number of carboxylic acid groups (broad SMARTS) is 1. The highest BCUT2D eigenvalue weighted by Crippen LogP contribution is 2.39. The second kappa shape index (κ2) is 13.2. The molecule has 4 atom stereocenters. The molecule has 0 bridgehead atoms. The van der Waals surface area contributed by atoms with Gasteiger partial charge >= 0.3 is 12.1 Å². The number of amides is 3. The number of likely N-dealkylation sites (tertiary alicyclic amines) is 1. The number of piperazine rings is 1. The summed E-state index contributed by atoms with van der Waals surface area (Å²) >= 11 is 0. The second-order valence-electron chi connectivity index (χ2n) is 12.1. The highest BCUT2D eigenvalue weighted by Gasteiger charge is 2.58. The zero-order valence-electron chi connectivity index (χ0n) is 24.9. The van der Waals surface area contributed by atoms with Crippen LogP contribution >= 0.6 is 0 Å². The first kappa shape index (κ1) is 29.9. The van der Waals surface area contributed by atoms with Gasteiger partial charge < -0.3 is 19.6 Å². The van der Waals surface area contributed by atoms with Gasteiger partial charge in [0.2, 0.25) is 11.8 Å². The fraction of sp³-hybridized carbons (Fsp3) is 0.471. The first-order valence-electron chi connectivity index (χ1n) is 15.7. The van der Waals surface area contributed by atoms with Gasteiger partial charge in [-0.05, 0) is 24.0 Å². The molecule has 3 aliphatic heterocycles. The number of carbonyl (C=O) groups is 4. The number of rotatable bonds is 9. The van der Waals surface area contributed by atoms with Crippen LogP contribution < -0.4 is 0 Å². The summed E-state index contributed by atoms with van der Waals surface area (Å²) in [6.45, 7) is 2.75. The van der Waals surface area contributed by atoms with Crippen LogP contribution in [0.2, 0.25) is 0 Å². The molecule has 3 heterocycles. The van der Waals surface area contributed by atoms with E-state index in [0.717, 1.165) is 24.2 Å². The smallest absolute Gasteiger partial charge is 0.411 e. The standard InChI is InChI=1S/C34H40N4O6/c39-30(36-20-18-35(19-21-36)26-14-8-3-9-15-26)22-28(33(41)42)37-27(17-16-24-10-4-1-5-11-24)31(32(37)40)38-29(23-44-34(38)43)25-12-6-2-7-13-25/h1-2,4-7,10-13,16-17,26-29,31H,3,8-9,14-15,18-23H2,(H,41,42)/t27?,28-,29+,31?/m0/s1. The minimum atomic E-state index is -1.36. The summed E-state index contributed by atoms with van der Waals surface area (Å²) in [6.07, 6.45) is 8.82. The SMILES string of the molecule is O=C(O)[C@H](CC(=O)N1CCN(C2CCCCC2)CC1)N1C(=O)C(N2C(=O)OC[C@@H]2c2ccccc2)C1C=Cc1ccccc1. The molecule has 1 aliphatic carbocycles. The Morgan fingerprint density at radius 3 is 2.23 bits per heavy atom. The van der Waals surface area contributed by atoms with E-state index in [1.807, 2.05) is 66.7 Å². The largest absolute Gasteiger partial charge is 0.480 e. The minimum absolute atomic E-state index is 0.0927. The summed E-state index contributed by atoms with van der Waals surface area (Å²) in [5.74, 6) is -2.02. The van der Waals surface area contributed by atoms with Crippen molar-refractivity contribution in [1.29, 1.82) is 0 Å². The van der Waals surface area contributed by atoms with Crippen LogP contribution in [-0.4, -0.2) is 106 Å². The van der Waals surface area contributed by atoms with E-state index < -0.39 is 42.1 Å². The molecule has 6 rings (SSSR count). The maximum absolute atomic E-state index is 13.9. The zero-order chi connectivity index (χ0) is 30.6. The number of carboxylic acids is 1. The normalized spacial score (nSPS) is 25.6. The van der Waals surface area contributed by atoms with Crippen LogP contribution in [0.25, 0.3) is 6.08 Å². The number of nitrogens with zero attached hydrogens (tertiary/aromatic N) is 4. The maximum Gasteiger partial charge on any atom is 0.411 e. The molecule has 4 aliphatic rings. The first-order chi connectivity index (χ1) is 21.4. The molecule has 2 aromatic rings. The average Bonchev–Trinajstić information content (AvgIpc) is 3.43. The molecule has 0 radical (unpaired) electrons. The van der Waals surface area contributed by atoms with Crippen molar-refractivity contribution >= 4 is 30.0 Å². The van der Waals surface area contributed by atoms with Gasteiger partial charge in [-0.25, -0.2) is 9.59 Å². The van der Waals surface area contributed by atoms with Gasteiger partial charge in [0.1, 0.15) is 18.7 Å². The molecule has 232 valence electrons. The van der Waals surface area contributed by atoms with Crippen molar-refractivity contribution in [1.82, 2.24) is 19.6 Å². The summed E-state index contributed by atoms with van der Waals surface area (Å²) in [6, 6.07) is 15.8. The number of aliphatic carboxylic acids is 1. The summed E-state index contributed by atoms with van der Waals surface area (Å²) in [7, 11) is 0. The summed E-state index contributed by atoms with van der Waals surface area (Å²) in [4.78, 5) is 59.9. The fourth-order valence-electron chi connectivity index (χ4n) is 7.19. The molecule has 3 saturated heterocycles. The number of hydrogen-bond donors (Lipinski definition) is 1. The van der Waals surface area contributed by atoms with Crippen molar-refractivity contribution < 1.29 is 29.0 Å². The second-order valence-corrected chi connectivity index (χ2v) is 12.1. The lowest BCUT2D eigenvalue weighted by atomic mass is 9.87. The molecule has 3 amide bonds. The van der Waals surface area contributed by atoms with Crippen LogP contribution in [-0.2, 0) is 19.1 Å². The third-order valence-corrected chi connectivity index (χ3v) is 9.58. The minimum Gasteiger partial charge on any atom is -0.480 e. The van der Waals surface area contributed by atoms with Gasteiger partial charge in [0.25, 0.3) is 0 Å². The monoisotopic (exact) mass is 600 g/mol. The van der Waals surface area contributed by atoms with E-state index in [0.29, 0.717) is 19.1 Å². The third-order valence-electron chi connectivity index (χ3n) is 9.58. The highest BCUT2D eigenvalue weighted by molar-refractivity contribution is 5.98. The molecule has 44 heavy (non-hydrogen) atoms. The van der Waals surface area contributed by atoms with E-state index in [1.165, 1.54) is 41.9 Å². The highest BCUT2D eigenvalue weighted by atomic mass is 16.6. The summed E-state index contributed by atoms with van der Waals surface area (Å²) < 4.78 is 5.40. The molecular formula is C34H40N4O6. The van der Waals surface area contributed by atoms with Crippen molar-refractivity contribution in [2.24, 2.45) is 0 Å². The number of benzene rings is 2. The molecule has 0 spiro atoms. The van der Waals surface area contributed by atoms with E-state index in [4.69, 9.17) is 4.74 Å². The Kier molecular flexibility index (Phi) is 8.97. The van der Waals surface area contributed by atoms with Crippen molar-refractivity contribution in [3.8, 4) is 0 Å². The van der Waals surface area contributed by atoms with E-state index in [9.17, 15) is 24.3 Å². The Morgan fingerprint density at radius 2 is 1.57 bits per heavy atom. The molecule has 4 fully saturated rings. The Labute approximate surface area is 257 Å². The first-order valence-corrected chi connectivity index (χ1v) is 15.7. The number of hydrogen-bond acceptors (Lipinski definition) is 6. The van der Waals surface area contributed by atoms with Gasteiger partial charge in [-0.3, -0.25) is 19.4 Å². The predicted molar refractivity (Wildman–Crippen MR) is 163 cm³/mol. The number of β-lactam (4-membered cyclic amide) rings is 1. The lowest BCUT2D eigenvalue weighted by Gasteiger charge is -2.52. The van der Waals surface area contributed by atoms with E-state index >= 15 is 0 Å². The quantitative estimate of drug-likeness (QED) is 0.436. The van der Waals surface area contributed by atoms with Crippen molar-refractivity contribution in [3.63, 3.8) is 0 Å². The van der Waals surface area contributed by atoms with E-state index in [-0.39, 0.29) is 18.9 Å². The molecule has 0 aromatic heterocycles. The molecule has 2 unspecified atom stereocenters. The lowest BCUT2D eigenvalue weighted by Crippen LogP contribution is -2.74. The lowest BCUT2D eigenvalue weighted by molar-refractivity contribution is -0.169. The van der Waals surface area contributed by atoms with Crippen molar-refractivity contribution in [3.05, 3.63) is 77.9 Å². The van der Waals surface area contributed by atoms with Gasteiger partial charge in [0.15, 0.2) is 0 Å². The maximum atomic E-state index is 13.9. The van der Waals surface area contributed by atoms with Crippen LogP contribution in [0.1, 0.15) is 55.7 Å².